The average molecular weight is 292 g/mol. The first-order valence-electron chi connectivity index (χ1n) is 5.48. The number of benzene rings is 1. The van der Waals surface area contributed by atoms with E-state index in [1.807, 2.05) is 12.1 Å². The van der Waals surface area contributed by atoms with Crippen molar-refractivity contribution < 1.29 is 4.79 Å². The van der Waals surface area contributed by atoms with Gasteiger partial charge in [0, 0.05) is 10.6 Å². The molecule has 1 aromatic heterocycles. The molecule has 0 fully saturated rings. The van der Waals surface area contributed by atoms with Crippen LogP contribution in [0.3, 0.4) is 0 Å². The van der Waals surface area contributed by atoms with E-state index in [0.717, 1.165) is 17.1 Å². The van der Waals surface area contributed by atoms with Crippen LogP contribution in [0.1, 0.15) is 20.9 Å². The molecular weight excluding hydrogens is 282 g/mol. The van der Waals surface area contributed by atoms with E-state index < -0.39 is 0 Å². The Morgan fingerprint density at radius 2 is 2.37 bits per heavy atom. The lowest BCUT2D eigenvalue weighted by Gasteiger charge is -1.97. The van der Waals surface area contributed by atoms with Gasteiger partial charge in [-0.3, -0.25) is 4.79 Å². The summed E-state index contributed by atoms with van der Waals surface area (Å²) in [6.07, 6.45) is 0. The number of carbonyl (C=O) groups is 1. The molecule has 1 heterocycles. The summed E-state index contributed by atoms with van der Waals surface area (Å²) in [5.41, 5.74) is 1.45. The van der Waals surface area contributed by atoms with E-state index in [1.165, 1.54) is 0 Å². The van der Waals surface area contributed by atoms with Crippen LogP contribution in [0, 0.1) is 18.8 Å². The summed E-state index contributed by atoms with van der Waals surface area (Å²) in [6.45, 7) is 2.01. The van der Waals surface area contributed by atoms with Gasteiger partial charge in [-0.05, 0) is 36.7 Å². The summed E-state index contributed by atoms with van der Waals surface area (Å²) >= 11 is 6.92. The van der Waals surface area contributed by atoms with Gasteiger partial charge in [-0.15, -0.1) is 5.10 Å². The zero-order valence-electron chi connectivity index (χ0n) is 10.1. The molecule has 19 heavy (non-hydrogen) atoms. The molecule has 0 radical (unpaired) electrons. The third-order valence-electron chi connectivity index (χ3n) is 2.25. The van der Waals surface area contributed by atoms with Crippen molar-refractivity contribution in [2.75, 3.05) is 6.54 Å². The highest BCUT2D eigenvalue weighted by atomic mass is 35.5. The van der Waals surface area contributed by atoms with Crippen molar-refractivity contribution in [1.82, 2.24) is 14.9 Å². The van der Waals surface area contributed by atoms with Gasteiger partial charge in [0.05, 0.1) is 12.2 Å². The Hall–Kier alpha value is -1.90. The number of carbonyl (C=O) groups excluding carboxylic acids is 1. The van der Waals surface area contributed by atoms with Gasteiger partial charge < -0.3 is 5.32 Å². The van der Waals surface area contributed by atoms with Gasteiger partial charge >= 0.3 is 0 Å². The second-order valence-corrected chi connectivity index (χ2v) is 4.87. The number of nitrogens with one attached hydrogen (secondary N) is 1. The van der Waals surface area contributed by atoms with Crippen molar-refractivity contribution >= 4 is 29.0 Å². The number of aromatic nitrogens is 2. The minimum atomic E-state index is -0.201. The lowest BCUT2D eigenvalue weighted by molar-refractivity contribution is 0.0962. The molecule has 4 nitrogen and oxygen atoms in total. The molecule has 2 aromatic rings. The van der Waals surface area contributed by atoms with Crippen LogP contribution in [0.2, 0.25) is 5.02 Å². The van der Waals surface area contributed by atoms with Gasteiger partial charge in [-0.2, -0.15) is 0 Å². The first-order chi connectivity index (χ1) is 9.16. The van der Waals surface area contributed by atoms with Crippen LogP contribution < -0.4 is 5.32 Å². The number of aryl methyl sites for hydroxylation is 1. The van der Waals surface area contributed by atoms with Crippen molar-refractivity contribution in [3.8, 4) is 11.8 Å². The van der Waals surface area contributed by atoms with Gasteiger partial charge in [-0.25, -0.2) is 0 Å². The highest BCUT2D eigenvalue weighted by molar-refractivity contribution is 7.07. The predicted octanol–water partition coefficient (Wildman–Crippen LogP) is 2.28. The normalized spacial score (nSPS) is 9.58. The Morgan fingerprint density at radius 3 is 3.05 bits per heavy atom. The maximum Gasteiger partial charge on any atom is 0.265 e. The van der Waals surface area contributed by atoms with Gasteiger partial charge in [0.2, 0.25) is 0 Å². The first kappa shape index (κ1) is 13.5. The van der Waals surface area contributed by atoms with E-state index in [1.54, 1.807) is 19.1 Å². The molecule has 0 bridgehead atoms. The van der Waals surface area contributed by atoms with Crippen LogP contribution in [-0.2, 0) is 0 Å². The Bertz CT molecular complexity index is 657. The number of rotatable bonds is 2. The molecule has 0 aliphatic carbocycles. The number of amides is 1. The molecule has 96 valence electrons. The Balaban J connectivity index is 1.91. The Labute approximate surface area is 120 Å². The van der Waals surface area contributed by atoms with Gasteiger partial charge in [-0.1, -0.05) is 34.0 Å². The molecule has 0 aliphatic heterocycles. The third-order valence-corrected chi connectivity index (χ3v) is 3.31. The highest BCUT2D eigenvalue weighted by Crippen LogP contribution is 2.09. The standard InChI is InChI=1S/C13H10ClN3OS/c1-9-12(19-17-16-9)13(18)15-7-3-5-10-4-2-6-11(14)8-10/h2,4,6,8H,7H2,1H3,(H,15,18). The molecular formula is C13H10ClN3OS. The molecule has 1 aromatic carbocycles. The first-order valence-corrected chi connectivity index (χ1v) is 6.63. The van der Waals surface area contributed by atoms with Crippen molar-refractivity contribution in [2.45, 2.75) is 6.92 Å². The summed E-state index contributed by atoms with van der Waals surface area (Å²) in [5, 5.41) is 7.12. The van der Waals surface area contributed by atoms with Crippen molar-refractivity contribution in [3.05, 3.63) is 45.4 Å². The lowest BCUT2D eigenvalue weighted by Crippen LogP contribution is -2.23. The van der Waals surface area contributed by atoms with Crippen LogP contribution >= 0.6 is 23.1 Å². The molecule has 0 spiro atoms. The van der Waals surface area contributed by atoms with Crippen LogP contribution in [-0.4, -0.2) is 22.0 Å². The molecule has 1 N–H and O–H groups in total. The summed E-state index contributed by atoms with van der Waals surface area (Å²) < 4.78 is 3.71. The molecule has 0 atom stereocenters. The highest BCUT2D eigenvalue weighted by Gasteiger charge is 2.11. The van der Waals surface area contributed by atoms with E-state index in [4.69, 9.17) is 11.6 Å². The quantitative estimate of drug-likeness (QED) is 0.864. The third kappa shape index (κ3) is 3.78. The number of hydrogen-bond donors (Lipinski definition) is 1. The van der Waals surface area contributed by atoms with Crippen molar-refractivity contribution in [3.63, 3.8) is 0 Å². The maximum atomic E-state index is 11.7. The minimum Gasteiger partial charge on any atom is -0.340 e. The van der Waals surface area contributed by atoms with Crippen LogP contribution in [0.4, 0.5) is 0 Å². The van der Waals surface area contributed by atoms with Gasteiger partial charge in [0.15, 0.2) is 0 Å². The van der Waals surface area contributed by atoms with Gasteiger partial charge in [0.25, 0.3) is 5.91 Å². The molecule has 1 amide bonds. The summed E-state index contributed by atoms with van der Waals surface area (Å²) in [6, 6.07) is 7.25. The van der Waals surface area contributed by atoms with Crippen molar-refractivity contribution in [1.29, 1.82) is 0 Å². The maximum absolute atomic E-state index is 11.7. The van der Waals surface area contributed by atoms with Gasteiger partial charge in [0.1, 0.15) is 4.88 Å². The zero-order chi connectivity index (χ0) is 13.7. The molecule has 0 unspecified atom stereocenters. The fourth-order valence-corrected chi connectivity index (χ4v) is 2.12. The number of nitrogens with zero attached hydrogens (tertiary/aromatic N) is 2. The smallest absolute Gasteiger partial charge is 0.265 e. The lowest BCUT2D eigenvalue weighted by atomic mass is 10.2. The van der Waals surface area contributed by atoms with E-state index >= 15 is 0 Å². The Kier molecular flexibility index (Phi) is 4.50. The largest absolute Gasteiger partial charge is 0.340 e. The summed E-state index contributed by atoms with van der Waals surface area (Å²) in [5.74, 6) is 5.59. The summed E-state index contributed by atoms with van der Waals surface area (Å²) in [4.78, 5) is 12.2. The zero-order valence-corrected chi connectivity index (χ0v) is 11.7. The van der Waals surface area contributed by atoms with E-state index in [9.17, 15) is 4.79 Å². The van der Waals surface area contributed by atoms with Crippen LogP contribution in [0.15, 0.2) is 24.3 Å². The van der Waals surface area contributed by atoms with Crippen LogP contribution in [0.25, 0.3) is 0 Å². The van der Waals surface area contributed by atoms with E-state index in [-0.39, 0.29) is 12.5 Å². The molecule has 0 saturated heterocycles. The molecule has 2 rings (SSSR count). The minimum absolute atomic E-state index is 0.201. The Morgan fingerprint density at radius 1 is 1.53 bits per heavy atom. The van der Waals surface area contributed by atoms with Crippen LogP contribution in [0.5, 0.6) is 0 Å². The molecule has 0 saturated carbocycles. The predicted molar refractivity (Wildman–Crippen MR) is 75.3 cm³/mol. The van der Waals surface area contributed by atoms with Crippen molar-refractivity contribution in [2.24, 2.45) is 0 Å². The molecule has 6 heteroatoms. The van der Waals surface area contributed by atoms with E-state index in [0.29, 0.717) is 15.6 Å². The topological polar surface area (TPSA) is 54.9 Å². The number of halogens is 1. The average Bonchev–Trinajstić information content (AvgIpc) is 2.81. The SMILES string of the molecule is Cc1nnsc1C(=O)NCC#Cc1cccc(Cl)c1. The second-order valence-electron chi connectivity index (χ2n) is 3.68. The fourth-order valence-electron chi connectivity index (χ4n) is 1.36. The number of hydrogen-bond acceptors (Lipinski definition) is 4. The van der Waals surface area contributed by atoms with E-state index in [2.05, 4.69) is 26.7 Å². The fraction of sp³-hybridized carbons (Fsp3) is 0.154. The second kappa shape index (κ2) is 6.32. The molecule has 0 aliphatic rings. The monoisotopic (exact) mass is 291 g/mol. The summed E-state index contributed by atoms with van der Waals surface area (Å²) in [7, 11) is 0.